The van der Waals surface area contributed by atoms with Crippen LogP contribution in [0.1, 0.15) is 71.6 Å². The Morgan fingerprint density at radius 3 is 2.76 bits per heavy atom. The minimum absolute atomic E-state index is 0.0699. The van der Waals surface area contributed by atoms with Crippen LogP contribution < -0.4 is 10.6 Å². The van der Waals surface area contributed by atoms with Gasteiger partial charge in [-0.25, -0.2) is 4.98 Å². The predicted octanol–water partition coefficient (Wildman–Crippen LogP) is 4.23. The van der Waals surface area contributed by atoms with Crippen LogP contribution in [0.15, 0.2) is 24.3 Å². The van der Waals surface area contributed by atoms with E-state index in [-0.39, 0.29) is 24.3 Å². The monoisotopic (exact) mass is 414 g/mol. The highest BCUT2D eigenvalue weighted by Crippen LogP contribution is 2.25. The molecule has 1 aromatic heterocycles. The van der Waals surface area contributed by atoms with E-state index in [2.05, 4.69) is 15.6 Å². The topological polar surface area (TPSA) is 76.0 Å². The minimum Gasteiger partial charge on any atom is -0.361 e. The number of amides is 1. The number of ketones is 1. The Balaban J connectivity index is 1.52. The summed E-state index contributed by atoms with van der Waals surface area (Å²) in [5, 5.41) is 6.85. The number of benzene rings is 1. The van der Waals surface area contributed by atoms with E-state index in [9.17, 15) is 9.59 Å². The minimum atomic E-state index is -0.0877. The second-order valence-electron chi connectivity index (χ2n) is 7.93. The third kappa shape index (κ3) is 4.64. The first-order valence-electron chi connectivity index (χ1n) is 10.5. The molecule has 29 heavy (non-hydrogen) atoms. The normalized spacial score (nSPS) is 16.9. The first kappa shape index (κ1) is 20.0. The first-order valence-corrected chi connectivity index (χ1v) is 10.9. The molecule has 2 heterocycles. The summed E-state index contributed by atoms with van der Waals surface area (Å²) in [6.45, 7) is 0.861. The molecule has 7 heteroatoms. The lowest BCUT2D eigenvalue weighted by atomic mass is 9.95. The Morgan fingerprint density at radius 2 is 1.97 bits per heavy atom. The summed E-state index contributed by atoms with van der Waals surface area (Å²) >= 11 is 5.99. The molecule has 154 valence electrons. The van der Waals surface area contributed by atoms with Crippen LogP contribution >= 0.6 is 11.6 Å². The number of fused-ring (bicyclic) bond motifs is 1. The van der Waals surface area contributed by atoms with E-state index in [4.69, 9.17) is 11.6 Å². The van der Waals surface area contributed by atoms with Gasteiger partial charge < -0.3 is 15.2 Å². The summed E-state index contributed by atoms with van der Waals surface area (Å²) in [5.41, 5.74) is 1.10. The average molecular weight is 415 g/mol. The molecule has 1 aliphatic carbocycles. The van der Waals surface area contributed by atoms with E-state index in [1.165, 1.54) is 6.42 Å². The number of halogens is 1. The van der Waals surface area contributed by atoms with Crippen LogP contribution in [0.25, 0.3) is 0 Å². The number of imidazole rings is 1. The molecule has 0 bridgehead atoms. The van der Waals surface area contributed by atoms with Crippen molar-refractivity contribution in [2.24, 2.45) is 0 Å². The van der Waals surface area contributed by atoms with Crippen molar-refractivity contribution in [1.29, 1.82) is 0 Å². The Bertz CT molecular complexity index is 902. The molecule has 1 aliphatic heterocycles. The zero-order valence-corrected chi connectivity index (χ0v) is 17.3. The van der Waals surface area contributed by atoms with Gasteiger partial charge in [-0.1, -0.05) is 43.0 Å². The van der Waals surface area contributed by atoms with Gasteiger partial charge in [-0.3, -0.25) is 9.59 Å². The van der Waals surface area contributed by atoms with Crippen LogP contribution in [0.5, 0.6) is 0 Å². The van der Waals surface area contributed by atoms with Crippen LogP contribution in [0.2, 0.25) is 5.02 Å². The standard InChI is InChI=1S/C22H27ClN4O2/c23-16-8-6-7-15(13-16)18(28)14-24-21-20(27-12-5-4-11-19(27)26-21)22(29)25-17-9-2-1-3-10-17/h6-8,13,17,24H,1-5,9-12,14H2,(H,25,29). The van der Waals surface area contributed by atoms with Crippen molar-refractivity contribution in [2.45, 2.75) is 64.0 Å². The number of Topliss-reactive ketones (excluding diaryl/α,β-unsaturated/α-hetero) is 1. The lowest BCUT2D eigenvalue weighted by Crippen LogP contribution is -2.38. The highest BCUT2D eigenvalue weighted by atomic mass is 35.5. The number of carbonyl (C=O) groups excluding carboxylic acids is 2. The molecule has 6 nitrogen and oxygen atoms in total. The average Bonchev–Trinajstić information content (AvgIpc) is 3.11. The van der Waals surface area contributed by atoms with Crippen molar-refractivity contribution in [3.8, 4) is 0 Å². The van der Waals surface area contributed by atoms with Gasteiger partial charge in [0, 0.05) is 29.6 Å². The van der Waals surface area contributed by atoms with E-state index in [1.54, 1.807) is 24.3 Å². The van der Waals surface area contributed by atoms with Gasteiger partial charge in [0.1, 0.15) is 5.82 Å². The molecule has 0 spiro atoms. The van der Waals surface area contributed by atoms with Gasteiger partial charge in [0.2, 0.25) is 0 Å². The smallest absolute Gasteiger partial charge is 0.272 e. The molecule has 2 aromatic rings. The maximum Gasteiger partial charge on any atom is 0.272 e. The van der Waals surface area contributed by atoms with E-state index < -0.39 is 0 Å². The Hall–Kier alpha value is -2.34. The van der Waals surface area contributed by atoms with Gasteiger partial charge >= 0.3 is 0 Å². The van der Waals surface area contributed by atoms with Crippen molar-refractivity contribution in [3.63, 3.8) is 0 Å². The Morgan fingerprint density at radius 1 is 1.14 bits per heavy atom. The fourth-order valence-electron chi connectivity index (χ4n) is 4.27. The maximum absolute atomic E-state index is 13.1. The molecule has 2 N–H and O–H groups in total. The molecule has 0 atom stereocenters. The first-order chi connectivity index (χ1) is 14.1. The number of aryl methyl sites for hydroxylation is 1. The number of rotatable bonds is 6. The second kappa shape index (κ2) is 8.99. The van der Waals surface area contributed by atoms with Crippen LogP contribution in [0.4, 0.5) is 5.82 Å². The predicted molar refractivity (Wildman–Crippen MR) is 114 cm³/mol. The van der Waals surface area contributed by atoms with Gasteiger partial charge in [-0.2, -0.15) is 0 Å². The number of hydrogen-bond acceptors (Lipinski definition) is 4. The van der Waals surface area contributed by atoms with Crippen LogP contribution in [0, 0.1) is 0 Å². The number of carbonyl (C=O) groups is 2. The highest BCUT2D eigenvalue weighted by Gasteiger charge is 2.27. The van der Waals surface area contributed by atoms with E-state index in [1.807, 2.05) is 4.57 Å². The van der Waals surface area contributed by atoms with Crippen molar-refractivity contribution in [1.82, 2.24) is 14.9 Å². The number of aromatic nitrogens is 2. The molecule has 1 amide bonds. The Kier molecular flexibility index (Phi) is 6.19. The van der Waals surface area contributed by atoms with Crippen LogP contribution in [0.3, 0.4) is 0 Å². The Labute approximate surface area is 176 Å². The summed E-state index contributed by atoms with van der Waals surface area (Å²) in [6, 6.07) is 7.12. The quantitative estimate of drug-likeness (QED) is 0.693. The van der Waals surface area contributed by atoms with Gasteiger partial charge in [-0.05, 0) is 37.8 Å². The zero-order valence-electron chi connectivity index (χ0n) is 16.5. The summed E-state index contributed by atoms with van der Waals surface area (Å²) in [4.78, 5) is 30.3. The van der Waals surface area contributed by atoms with Gasteiger partial charge in [0.25, 0.3) is 5.91 Å². The summed E-state index contributed by atoms with van der Waals surface area (Å²) in [6.07, 6.45) is 8.59. The van der Waals surface area contributed by atoms with Crippen LogP contribution in [-0.2, 0) is 13.0 Å². The highest BCUT2D eigenvalue weighted by molar-refractivity contribution is 6.31. The van der Waals surface area contributed by atoms with Crippen LogP contribution in [-0.4, -0.2) is 33.8 Å². The molecule has 1 aromatic carbocycles. The number of hydrogen-bond donors (Lipinski definition) is 2. The molecule has 1 saturated carbocycles. The van der Waals surface area contributed by atoms with Crippen molar-refractivity contribution < 1.29 is 9.59 Å². The fraction of sp³-hybridized carbons (Fsp3) is 0.500. The summed E-state index contributed by atoms with van der Waals surface area (Å²) < 4.78 is 2.02. The van der Waals surface area contributed by atoms with E-state index >= 15 is 0 Å². The number of anilines is 1. The van der Waals surface area contributed by atoms with Crippen molar-refractivity contribution in [3.05, 3.63) is 46.4 Å². The largest absolute Gasteiger partial charge is 0.361 e. The van der Waals surface area contributed by atoms with E-state index in [0.717, 1.165) is 57.3 Å². The molecule has 0 radical (unpaired) electrons. The number of nitrogens with one attached hydrogen (secondary N) is 2. The molecular weight excluding hydrogens is 388 g/mol. The number of nitrogens with zero attached hydrogens (tertiary/aromatic N) is 2. The molecule has 0 unspecified atom stereocenters. The van der Waals surface area contributed by atoms with Gasteiger partial charge in [-0.15, -0.1) is 0 Å². The molecular formula is C22H27ClN4O2. The molecule has 2 aliphatic rings. The third-order valence-electron chi connectivity index (χ3n) is 5.80. The maximum atomic E-state index is 13.1. The zero-order chi connectivity index (χ0) is 20.2. The fourth-order valence-corrected chi connectivity index (χ4v) is 4.46. The molecule has 4 rings (SSSR count). The second-order valence-corrected chi connectivity index (χ2v) is 8.37. The lowest BCUT2D eigenvalue weighted by molar-refractivity contribution is 0.0916. The van der Waals surface area contributed by atoms with Gasteiger partial charge in [0.05, 0.1) is 6.54 Å². The van der Waals surface area contributed by atoms with Crippen molar-refractivity contribution in [2.75, 3.05) is 11.9 Å². The van der Waals surface area contributed by atoms with Gasteiger partial charge in [0.15, 0.2) is 17.3 Å². The summed E-state index contributed by atoms with van der Waals surface area (Å²) in [7, 11) is 0. The molecule has 0 saturated heterocycles. The van der Waals surface area contributed by atoms with E-state index in [0.29, 0.717) is 22.1 Å². The summed E-state index contributed by atoms with van der Waals surface area (Å²) in [5.74, 6) is 1.25. The SMILES string of the molecule is O=C(CNc1nc2n(c1C(=O)NC1CCCCC1)CCCC2)c1cccc(Cl)c1. The van der Waals surface area contributed by atoms with Crippen molar-refractivity contribution >= 4 is 29.1 Å². The third-order valence-corrected chi connectivity index (χ3v) is 6.03. The lowest BCUT2D eigenvalue weighted by Gasteiger charge is -2.24. The molecule has 1 fully saturated rings.